The lowest BCUT2D eigenvalue weighted by atomic mass is 10.2. The van der Waals surface area contributed by atoms with Gasteiger partial charge in [-0.3, -0.25) is 0 Å². The maximum atomic E-state index is 13.8. The van der Waals surface area contributed by atoms with Gasteiger partial charge in [0.25, 0.3) is 0 Å². The van der Waals surface area contributed by atoms with Crippen LogP contribution < -0.4 is 11.4 Å². The smallest absolute Gasteiger partial charge is 0.353 e. The molecule has 0 aliphatic heterocycles. The number of nitrogen functional groups attached to an aromatic ring is 1. The molecule has 2 aromatic heterocycles. The molecular formula is C16H11F2N5O. The summed E-state index contributed by atoms with van der Waals surface area (Å²) >= 11 is 0. The molecule has 8 heteroatoms. The molecule has 0 aliphatic carbocycles. The van der Waals surface area contributed by atoms with Gasteiger partial charge in [-0.2, -0.15) is 0 Å². The van der Waals surface area contributed by atoms with Crippen molar-refractivity contribution in [1.29, 1.82) is 0 Å². The van der Waals surface area contributed by atoms with Crippen LogP contribution in [0.15, 0.2) is 47.3 Å². The van der Waals surface area contributed by atoms with Crippen molar-refractivity contribution in [1.82, 2.24) is 19.2 Å². The summed E-state index contributed by atoms with van der Waals surface area (Å²) in [6.45, 7) is -0.340. The molecule has 4 aromatic rings. The molecule has 2 heterocycles. The Bertz CT molecular complexity index is 1130. The molecule has 0 spiro atoms. The molecule has 0 atom stereocenters. The lowest BCUT2D eigenvalue weighted by Crippen LogP contribution is -2.24. The first kappa shape index (κ1) is 14.3. The van der Waals surface area contributed by atoms with Crippen molar-refractivity contribution in [2.45, 2.75) is 6.54 Å². The van der Waals surface area contributed by atoms with E-state index in [2.05, 4.69) is 10.1 Å². The summed E-state index contributed by atoms with van der Waals surface area (Å²) in [7, 11) is 0. The fraction of sp³-hybridized carbons (Fsp3) is 0.0625. The molecule has 2 N–H and O–H groups in total. The molecule has 24 heavy (non-hydrogen) atoms. The van der Waals surface area contributed by atoms with Gasteiger partial charge in [0.1, 0.15) is 11.6 Å². The van der Waals surface area contributed by atoms with Crippen LogP contribution in [-0.2, 0) is 6.54 Å². The van der Waals surface area contributed by atoms with E-state index >= 15 is 0 Å². The predicted molar refractivity (Wildman–Crippen MR) is 84.6 cm³/mol. The van der Waals surface area contributed by atoms with E-state index < -0.39 is 17.3 Å². The van der Waals surface area contributed by atoms with E-state index in [0.717, 1.165) is 21.2 Å². The van der Waals surface area contributed by atoms with E-state index in [9.17, 15) is 13.6 Å². The van der Waals surface area contributed by atoms with Crippen molar-refractivity contribution in [3.8, 4) is 0 Å². The highest BCUT2D eigenvalue weighted by Gasteiger charge is 2.17. The number of fused-ring (bicyclic) bond motifs is 3. The molecule has 120 valence electrons. The first-order chi connectivity index (χ1) is 11.6. The highest BCUT2D eigenvalue weighted by molar-refractivity contribution is 5.91. The van der Waals surface area contributed by atoms with E-state index in [4.69, 9.17) is 5.73 Å². The van der Waals surface area contributed by atoms with Gasteiger partial charge in [-0.25, -0.2) is 27.6 Å². The summed E-state index contributed by atoms with van der Waals surface area (Å²) in [6.07, 6.45) is 0. The molecule has 2 aromatic carbocycles. The largest absolute Gasteiger partial charge is 0.369 e. The van der Waals surface area contributed by atoms with Crippen LogP contribution in [0.4, 0.5) is 14.7 Å². The maximum Gasteiger partial charge on any atom is 0.353 e. The van der Waals surface area contributed by atoms with Gasteiger partial charge in [0.05, 0.1) is 12.1 Å². The van der Waals surface area contributed by atoms with Gasteiger partial charge in [0.15, 0.2) is 5.65 Å². The Labute approximate surface area is 133 Å². The summed E-state index contributed by atoms with van der Waals surface area (Å²) in [4.78, 5) is 16.7. The van der Waals surface area contributed by atoms with Crippen molar-refractivity contribution in [2.75, 3.05) is 5.73 Å². The molecule has 0 fully saturated rings. The van der Waals surface area contributed by atoms with Crippen LogP contribution in [0.2, 0.25) is 0 Å². The number of nitrogens with zero attached hydrogens (tertiary/aromatic N) is 4. The minimum absolute atomic E-state index is 0.0334. The Morgan fingerprint density at radius 3 is 2.50 bits per heavy atom. The number of hydrogen-bond acceptors (Lipinski definition) is 4. The van der Waals surface area contributed by atoms with Crippen LogP contribution in [0.1, 0.15) is 5.56 Å². The number of hydrogen-bond donors (Lipinski definition) is 1. The summed E-state index contributed by atoms with van der Waals surface area (Å²) in [5.41, 5.74) is 5.87. The molecule has 0 aliphatic rings. The van der Waals surface area contributed by atoms with Gasteiger partial charge in [-0.1, -0.05) is 18.2 Å². The Morgan fingerprint density at radius 1 is 1.04 bits per heavy atom. The van der Waals surface area contributed by atoms with Crippen molar-refractivity contribution >= 4 is 22.5 Å². The van der Waals surface area contributed by atoms with Crippen LogP contribution in [0.3, 0.4) is 0 Å². The van der Waals surface area contributed by atoms with Gasteiger partial charge in [0, 0.05) is 10.9 Å². The zero-order chi connectivity index (χ0) is 16.8. The summed E-state index contributed by atoms with van der Waals surface area (Å²) in [5.74, 6) is -1.52. The molecule has 0 radical (unpaired) electrons. The summed E-state index contributed by atoms with van der Waals surface area (Å²) in [5, 5.41) is 4.81. The SMILES string of the molecule is Nc1nc2ccccc2c2nn(Cc3c(F)cccc3F)c(=O)n12. The van der Waals surface area contributed by atoms with E-state index in [-0.39, 0.29) is 18.1 Å². The molecule has 6 nitrogen and oxygen atoms in total. The number of rotatable bonds is 2. The second-order valence-electron chi connectivity index (χ2n) is 5.29. The Morgan fingerprint density at radius 2 is 1.75 bits per heavy atom. The third kappa shape index (κ3) is 2.03. The van der Waals surface area contributed by atoms with Gasteiger partial charge in [-0.15, -0.1) is 5.10 Å². The van der Waals surface area contributed by atoms with E-state index in [0.29, 0.717) is 16.6 Å². The monoisotopic (exact) mass is 327 g/mol. The van der Waals surface area contributed by atoms with Crippen LogP contribution in [0.5, 0.6) is 0 Å². The van der Waals surface area contributed by atoms with E-state index in [1.807, 2.05) is 0 Å². The minimum Gasteiger partial charge on any atom is -0.369 e. The van der Waals surface area contributed by atoms with Crippen LogP contribution in [0.25, 0.3) is 16.6 Å². The Kier molecular flexibility index (Phi) is 3.05. The van der Waals surface area contributed by atoms with Gasteiger partial charge < -0.3 is 5.73 Å². The summed E-state index contributed by atoms with van der Waals surface area (Å²) < 4.78 is 29.8. The third-order valence-corrected chi connectivity index (χ3v) is 3.82. The predicted octanol–water partition coefficient (Wildman–Crippen LogP) is 1.95. The zero-order valence-corrected chi connectivity index (χ0v) is 12.3. The Hall–Kier alpha value is -3.29. The number of halogens is 2. The van der Waals surface area contributed by atoms with Crippen molar-refractivity contribution in [3.63, 3.8) is 0 Å². The summed E-state index contributed by atoms with van der Waals surface area (Å²) in [6, 6.07) is 10.6. The molecule has 0 amide bonds. The van der Waals surface area contributed by atoms with Crippen LogP contribution in [0, 0.1) is 11.6 Å². The number of benzene rings is 2. The number of anilines is 1. The van der Waals surface area contributed by atoms with E-state index in [1.165, 1.54) is 6.07 Å². The van der Waals surface area contributed by atoms with Crippen molar-refractivity contribution < 1.29 is 8.78 Å². The number of nitrogens with two attached hydrogens (primary N) is 1. The molecule has 0 unspecified atom stereocenters. The maximum absolute atomic E-state index is 13.8. The van der Waals surface area contributed by atoms with Gasteiger partial charge in [0.2, 0.25) is 5.95 Å². The second-order valence-corrected chi connectivity index (χ2v) is 5.29. The van der Waals surface area contributed by atoms with E-state index in [1.54, 1.807) is 24.3 Å². The second kappa shape index (κ2) is 5.12. The normalized spacial score (nSPS) is 11.4. The fourth-order valence-corrected chi connectivity index (χ4v) is 2.66. The number of para-hydroxylation sites is 1. The first-order valence-corrected chi connectivity index (χ1v) is 7.13. The molecule has 0 saturated carbocycles. The third-order valence-electron chi connectivity index (χ3n) is 3.82. The molecule has 0 saturated heterocycles. The average Bonchev–Trinajstić information content (AvgIpc) is 2.89. The Balaban J connectivity index is 1.98. The lowest BCUT2D eigenvalue weighted by molar-refractivity contribution is 0.528. The lowest BCUT2D eigenvalue weighted by Gasteiger charge is -2.03. The molecule has 0 bridgehead atoms. The highest BCUT2D eigenvalue weighted by atomic mass is 19.1. The number of aromatic nitrogens is 4. The quantitative estimate of drug-likeness (QED) is 0.610. The van der Waals surface area contributed by atoms with Gasteiger partial charge >= 0.3 is 5.69 Å². The standard InChI is InChI=1S/C16H11F2N5O/c17-11-5-3-6-12(18)10(11)8-22-16(24)23-14(21-22)9-4-1-2-7-13(9)20-15(23)19/h1-7H,8H2,(H2,19,20). The van der Waals surface area contributed by atoms with Gasteiger partial charge in [-0.05, 0) is 24.3 Å². The van der Waals surface area contributed by atoms with Crippen LogP contribution >= 0.6 is 0 Å². The highest BCUT2D eigenvalue weighted by Crippen LogP contribution is 2.18. The topological polar surface area (TPSA) is 78.2 Å². The molecular weight excluding hydrogens is 316 g/mol. The fourth-order valence-electron chi connectivity index (χ4n) is 2.66. The first-order valence-electron chi connectivity index (χ1n) is 7.13. The zero-order valence-electron chi connectivity index (χ0n) is 12.3. The van der Waals surface area contributed by atoms with Crippen LogP contribution in [-0.4, -0.2) is 19.2 Å². The molecule has 4 rings (SSSR count). The average molecular weight is 327 g/mol. The van der Waals surface area contributed by atoms with Crippen molar-refractivity contribution in [3.05, 3.63) is 70.1 Å². The minimum atomic E-state index is -0.741. The van der Waals surface area contributed by atoms with Crippen molar-refractivity contribution in [2.24, 2.45) is 0 Å².